The van der Waals surface area contributed by atoms with Crippen LogP contribution in [0.15, 0.2) is 42.5 Å². The van der Waals surface area contributed by atoms with Crippen molar-refractivity contribution >= 4 is 17.3 Å². The number of nitrogens with two attached hydrogens (primary N) is 1. The molecule has 0 heterocycles. The number of benzene rings is 2. The molecule has 2 aromatic rings. The molecule has 0 aromatic heterocycles. The van der Waals surface area contributed by atoms with Crippen LogP contribution in [0, 0.1) is 13.8 Å². The molecule has 100 valence electrons. The molecule has 0 amide bonds. The zero-order valence-corrected chi connectivity index (χ0v) is 12.0. The van der Waals surface area contributed by atoms with Gasteiger partial charge in [0.25, 0.3) is 0 Å². The molecule has 19 heavy (non-hydrogen) atoms. The Hall–Kier alpha value is -1.51. The number of hydrogen-bond donors (Lipinski definition) is 2. The minimum Gasteiger partial charge on any atom is -0.377 e. The van der Waals surface area contributed by atoms with E-state index in [1.54, 1.807) is 0 Å². The molecule has 2 nitrogen and oxygen atoms in total. The van der Waals surface area contributed by atoms with E-state index in [2.05, 4.69) is 37.4 Å². The van der Waals surface area contributed by atoms with E-state index >= 15 is 0 Å². The molecule has 0 bridgehead atoms. The summed E-state index contributed by atoms with van der Waals surface area (Å²) in [6.45, 7) is 4.73. The van der Waals surface area contributed by atoms with Crippen LogP contribution >= 0.6 is 11.6 Å². The van der Waals surface area contributed by atoms with Crippen molar-refractivity contribution in [3.05, 3.63) is 64.2 Å². The number of rotatable bonds is 4. The molecule has 0 aliphatic rings. The molecule has 2 aromatic carbocycles. The van der Waals surface area contributed by atoms with Gasteiger partial charge in [-0.05, 0) is 54.8 Å². The van der Waals surface area contributed by atoms with Crippen molar-refractivity contribution in [2.45, 2.75) is 19.9 Å². The Bertz CT molecular complexity index is 529. The molecule has 0 radical (unpaired) electrons. The third-order valence-electron chi connectivity index (χ3n) is 3.07. The molecule has 3 N–H and O–H groups in total. The first-order valence-corrected chi connectivity index (χ1v) is 6.76. The second kappa shape index (κ2) is 6.09. The average Bonchev–Trinajstić information content (AvgIpc) is 2.36. The lowest BCUT2D eigenvalue weighted by molar-refractivity contribution is 0.790. The van der Waals surface area contributed by atoms with Gasteiger partial charge in [0.05, 0.1) is 6.04 Å². The van der Waals surface area contributed by atoms with E-state index in [4.69, 9.17) is 17.3 Å². The molecular formula is C16H19ClN2. The van der Waals surface area contributed by atoms with E-state index in [1.807, 2.05) is 24.3 Å². The maximum absolute atomic E-state index is 5.91. The van der Waals surface area contributed by atoms with Crippen LogP contribution in [0.1, 0.15) is 22.7 Å². The highest BCUT2D eigenvalue weighted by atomic mass is 35.5. The Kier molecular flexibility index (Phi) is 4.46. The summed E-state index contributed by atoms with van der Waals surface area (Å²) in [5, 5.41) is 4.22. The number of halogens is 1. The predicted molar refractivity (Wildman–Crippen MR) is 82.8 cm³/mol. The van der Waals surface area contributed by atoms with Gasteiger partial charge in [0.2, 0.25) is 0 Å². The SMILES string of the molecule is Cc1cc(C)cc(NC(CN)c2ccc(Cl)cc2)c1. The third-order valence-corrected chi connectivity index (χ3v) is 3.32. The summed E-state index contributed by atoms with van der Waals surface area (Å²) in [6.07, 6.45) is 0. The van der Waals surface area contributed by atoms with Gasteiger partial charge in [-0.3, -0.25) is 0 Å². The first-order valence-electron chi connectivity index (χ1n) is 6.39. The lowest BCUT2D eigenvalue weighted by Gasteiger charge is -2.19. The highest BCUT2D eigenvalue weighted by Crippen LogP contribution is 2.22. The van der Waals surface area contributed by atoms with Crippen molar-refractivity contribution in [2.75, 3.05) is 11.9 Å². The monoisotopic (exact) mass is 274 g/mol. The molecule has 1 atom stereocenters. The first-order chi connectivity index (χ1) is 9.08. The summed E-state index contributed by atoms with van der Waals surface area (Å²) in [4.78, 5) is 0. The lowest BCUT2D eigenvalue weighted by Crippen LogP contribution is -2.20. The van der Waals surface area contributed by atoms with E-state index in [1.165, 1.54) is 11.1 Å². The summed E-state index contributed by atoms with van der Waals surface area (Å²) < 4.78 is 0. The molecular weight excluding hydrogens is 256 g/mol. The van der Waals surface area contributed by atoms with Crippen molar-refractivity contribution in [3.63, 3.8) is 0 Å². The van der Waals surface area contributed by atoms with E-state index in [9.17, 15) is 0 Å². The minimum absolute atomic E-state index is 0.0958. The Morgan fingerprint density at radius 1 is 1.05 bits per heavy atom. The summed E-state index contributed by atoms with van der Waals surface area (Å²) in [6, 6.07) is 14.3. The lowest BCUT2D eigenvalue weighted by atomic mass is 10.1. The van der Waals surface area contributed by atoms with Crippen molar-refractivity contribution in [3.8, 4) is 0 Å². The van der Waals surface area contributed by atoms with Gasteiger partial charge >= 0.3 is 0 Å². The number of anilines is 1. The normalized spacial score (nSPS) is 12.2. The van der Waals surface area contributed by atoms with E-state index < -0.39 is 0 Å². The Labute approximate surface area is 119 Å². The third kappa shape index (κ3) is 3.72. The molecule has 0 saturated carbocycles. The quantitative estimate of drug-likeness (QED) is 0.882. The summed E-state index contributed by atoms with van der Waals surface area (Å²) >= 11 is 5.91. The molecule has 0 fully saturated rings. The van der Waals surface area contributed by atoms with E-state index in [0.717, 1.165) is 16.3 Å². The fourth-order valence-electron chi connectivity index (χ4n) is 2.23. The van der Waals surface area contributed by atoms with Crippen LogP contribution in [0.25, 0.3) is 0 Å². The van der Waals surface area contributed by atoms with Gasteiger partial charge in [0.15, 0.2) is 0 Å². The molecule has 0 saturated heterocycles. The summed E-state index contributed by atoms with van der Waals surface area (Å²) in [5.41, 5.74) is 10.6. The van der Waals surface area contributed by atoms with Gasteiger partial charge in [0.1, 0.15) is 0 Å². The van der Waals surface area contributed by atoms with Crippen LogP contribution in [0.5, 0.6) is 0 Å². The number of nitrogens with one attached hydrogen (secondary N) is 1. The molecule has 3 heteroatoms. The maximum atomic E-state index is 5.91. The maximum Gasteiger partial charge on any atom is 0.0636 e. The van der Waals surface area contributed by atoms with Crippen molar-refractivity contribution in [1.29, 1.82) is 0 Å². The topological polar surface area (TPSA) is 38.0 Å². The number of hydrogen-bond acceptors (Lipinski definition) is 2. The van der Waals surface area contributed by atoms with Gasteiger partial charge in [0, 0.05) is 17.3 Å². The van der Waals surface area contributed by atoms with Gasteiger partial charge in [-0.1, -0.05) is 29.8 Å². The Balaban J connectivity index is 2.21. The second-order valence-corrected chi connectivity index (χ2v) is 5.30. The molecule has 0 aliphatic carbocycles. The minimum atomic E-state index is 0.0958. The first kappa shape index (κ1) is 13.9. The molecule has 2 rings (SSSR count). The van der Waals surface area contributed by atoms with Crippen LogP contribution in [-0.4, -0.2) is 6.54 Å². The fraction of sp³-hybridized carbons (Fsp3) is 0.250. The zero-order valence-electron chi connectivity index (χ0n) is 11.3. The van der Waals surface area contributed by atoms with Crippen LogP contribution < -0.4 is 11.1 Å². The predicted octanol–water partition coefficient (Wildman–Crippen LogP) is 4.07. The molecule has 0 spiro atoms. The van der Waals surface area contributed by atoms with Gasteiger partial charge in [-0.15, -0.1) is 0 Å². The summed E-state index contributed by atoms with van der Waals surface area (Å²) in [5.74, 6) is 0. The highest BCUT2D eigenvalue weighted by Gasteiger charge is 2.09. The standard InChI is InChI=1S/C16H19ClN2/c1-11-7-12(2)9-15(8-11)19-16(10-18)13-3-5-14(17)6-4-13/h3-9,16,19H,10,18H2,1-2H3. The smallest absolute Gasteiger partial charge is 0.0636 e. The van der Waals surface area contributed by atoms with Crippen molar-refractivity contribution < 1.29 is 0 Å². The Morgan fingerprint density at radius 3 is 2.16 bits per heavy atom. The fourth-order valence-corrected chi connectivity index (χ4v) is 2.36. The van der Waals surface area contributed by atoms with Gasteiger partial charge in [-0.25, -0.2) is 0 Å². The van der Waals surface area contributed by atoms with Gasteiger partial charge in [-0.2, -0.15) is 0 Å². The highest BCUT2D eigenvalue weighted by molar-refractivity contribution is 6.30. The van der Waals surface area contributed by atoms with Crippen LogP contribution in [-0.2, 0) is 0 Å². The molecule has 1 unspecified atom stereocenters. The largest absolute Gasteiger partial charge is 0.377 e. The van der Waals surface area contributed by atoms with Crippen LogP contribution in [0.4, 0.5) is 5.69 Å². The van der Waals surface area contributed by atoms with Gasteiger partial charge < -0.3 is 11.1 Å². The Morgan fingerprint density at radius 2 is 1.63 bits per heavy atom. The molecule has 0 aliphatic heterocycles. The van der Waals surface area contributed by atoms with E-state index in [0.29, 0.717) is 6.54 Å². The van der Waals surface area contributed by atoms with Crippen molar-refractivity contribution in [2.24, 2.45) is 5.73 Å². The van der Waals surface area contributed by atoms with Crippen LogP contribution in [0.2, 0.25) is 5.02 Å². The average molecular weight is 275 g/mol. The second-order valence-electron chi connectivity index (χ2n) is 4.86. The number of aryl methyl sites for hydroxylation is 2. The van der Waals surface area contributed by atoms with Crippen LogP contribution in [0.3, 0.4) is 0 Å². The van der Waals surface area contributed by atoms with E-state index in [-0.39, 0.29) is 6.04 Å². The summed E-state index contributed by atoms with van der Waals surface area (Å²) in [7, 11) is 0. The zero-order chi connectivity index (χ0) is 13.8. The van der Waals surface area contributed by atoms with Crippen molar-refractivity contribution in [1.82, 2.24) is 0 Å².